The zero-order valence-corrected chi connectivity index (χ0v) is 19.5. The molecule has 2 aliphatic heterocycles. The predicted octanol–water partition coefficient (Wildman–Crippen LogP) is 3.02. The van der Waals surface area contributed by atoms with Crippen molar-refractivity contribution in [2.24, 2.45) is 10.7 Å². The van der Waals surface area contributed by atoms with Gasteiger partial charge in [-0.15, -0.1) is 24.0 Å². The summed E-state index contributed by atoms with van der Waals surface area (Å²) in [5.74, 6) is 1.67. The Morgan fingerprint density at radius 3 is 2.21 bits per heavy atom. The van der Waals surface area contributed by atoms with Crippen LogP contribution in [0, 0.1) is 0 Å². The van der Waals surface area contributed by atoms with E-state index in [1.807, 2.05) is 12.1 Å². The van der Waals surface area contributed by atoms with E-state index >= 15 is 0 Å². The first-order valence-electron chi connectivity index (χ1n) is 10.4. The standard InChI is InChI=1S/C21H35N5O.HI/c1-27-20-9-7-19(8-10-20)25-17-15-24(16-18-25)12-6-11-23-21(22)26-13-4-2-3-5-14-26;/h7-10H,2-6,11-18H2,1H3,(H2,22,23);1H. The Kier molecular flexibility index (Phi) is 10.2. The van der Waals surface area contributed by atoms with E-state index in [0.29, 0.717) is 0 Å². The number of nitrogens with zero attached hydrogens (tertiary/aromatic N) is 4. The van der Waals surface area contributed by atoms with Gasteiger partial charge in [0.05, 0.1) is 7.11 Å². The molecular weight excluding hydrogens is 465 g/mol. The number of hydrogen-bond acceptors (Lipinski definition) is 4. The van der Waals surface area contributed by atoms with Gasteiger partial charge in [-0.2, -0.15) is 0 Å². The summed E-state index contributed by atoms with van der Waals surface area (Å²) in [6.45, 7) is 8.45. The largest absolute Gasteiger partial charge is 0.497 e. The summed E-state index contributed by atoms with van der Waals surface area (Å²) in [4.78, 5) is 11.9. The number of guanidine groups is 1. The van der Waals surface area contributed by atoms with Gasteiger partial charge in [-0.05, 0) is 43.5 Å². The van der Waals surface area contributed by atoms with Crippen LogP contribution in [0.2, 0.25) is 0 Å². The number of ether oxygens (including phenoxy) is 1. The molecule has 0 unspecified atom stereocenters. The summed E-state index contributed by atoms with van der Waals surface area (Å²) in [5, 5.41) is 0. The maximum absolute atomic E-state index is 6.19. The van der Waals surface area contributed by atoms with Gasteiger partial charge >= 0.3 is 0 Å². The topological polar surface area (TPSA) is 57.3 Å². The van der Waals surface area contributed by atoms with Gasteiger partial charge < -0.3 is 20.3 Å². The van der Waals surface area contributed by atoms with Gasteiger partial charge in [0.2, 0.25) is 0 Å². The molecule has 0 spiro atoms. The molecule has 7 heteroatoms. The molecule has 1 aromatic carbocycles. The van der Waals surface area contributed by atoms with Gasteiger partial charge in [0, 0.05) is 58.0 Å². The molecule has 0 aromatic heterocycles. The summed E-state index contributed by atoms with van der Waals surface area (Å²) >= 11 is 0. The van der Waals surface area contributed by atoms with Gasteiger partial charge in [-0.25, -0.2) is 0 Å². The lowest BCUT2D eigenvalue weighted by atomic mass is 10.2. The molecule has 3 rings (SSSR count). The third-order valence-electron chi connectivity index (χ3n) is 5.65. The van der Waals surface area contributed by atoms with Crippen molar-refractivity contribution in [2.45, 2.75) is 32.1 Å². The zero-order chi connectivity index (χ0) is 18.9. The second-order valence-electron chi connectivity index (χ2n) is 7.52. The van der Waals surface area contributed by atoms with Crippen molar-refractivity contribution in [2.75, 3.05) is 64.4 Å². The number of anilines is 1. The van der Waals surface area contributed by atoms with Crippen molar-refractivity contribution >= 4 is 35.6 Å². The highest BCUT2D eigenvalue weighted by atomic mass is 127. The molecule has 2 N–H and O–H groups in total. The first-order valence-corrected chi connectivity index (χ1v) is 10.4. The molecule has 0 atom stereocenters. The van der Waals surface area contributed by atoms with E-state index in [1.165, 1.54) is 31.4 Å². The number of halogens is 1. The molecule has 2 aliphatic rings. The van der Waals surface area contributed by atoms with Crippen LogP contribution in [-0.2, 0) is 0 Å². The second kappa shape index (κ2) is 12.4. The number of benzene rings is 1. The monoisotopic (exact) mass is 501 g/mol. The van der Waals surface area contributed by atoms with Crippen molar-refractivity contribution < 1.29 is 4.74 Å². The lowest BCUT2D eigenvalue weighted by molar-refractivity contribution is 0.256. The van der Waals surface area contributed by atoms with Gasteiger partial charge in [-0.3, -0.25) is 9.89 Å². The van der Waals surface area contributed by atoms with Crippen molar-refractivity contribution in [1.82, 2.24) is 9.80 Å². The first-order chi connectivity index (χ1) is 13.3. The van der Waals surface area contributed by atoms with Crippen LogP contribution >= 0.6 is 24.0 Å². The second-order valence-corrected chi connectivity index (χ2v) is 7.52. The highest BCUT2D eigenvalue weighted by Crippen LogP contribution is 2.20. The molecule has 2 fully saturated rings. The van der Waals surface area contributed by atoms with Crippen LogP contribution in [0.25, 0.3) is 0 Å². The number of methoxy groups -OCH3 is 1. The van der Waals surface area contributed by atoms with E-state index in [4.69, 9.17) is 10.5 Å². The Hall–Kier alpha value is -1.22. The molecule has 6 nitrogen and oxygen atoms in total. The summed E-state index contributed by atoms with van der Waals surface area (Å²) in [6, 6.07) is 8.37. The van der Waals surface area contributed by atoms with Crippen LogP contribution in [0.4, 0.5) is 5.69 Å². The van der Waals surface area contributed by atoms with Crippen molar-refractivity contribution in [3.8, 4) is 5.75 Å². The van der Waals surface area contributed by atoms with Crippen LogP contribution in [0.3, 0.4) is 0 Å². The van der Waals surface area contributed by atoms with Crippen LogP contribution < -0.4 is 15.4 Å². The normalized spacial score (nSPS) is 19.1. The minimum Gasteiger partial charge on any atom is -0.497 e. The van der Waals surface area contributed by atoms with Crippen LogP contribution in [0.1, 0.15) is 32.1 Å². The Balaban J connectivity index is 0.00000280. The third kappa shape index (κ3) is 6.99. The van der Waals surface area contributed by atoms with Gasteiger partial charge in [0.15, 0.2) is 5.96 Å². The molecule has 28 heavy (non-hydrogen) atoms. The summed E-state index contributed by atoms with van der Waals surface area (Å²) in [5.41, 5.74) is 7.47. The summed E-state index contributed by atoms with van der Waals surface area (Å²) in [7, 11) is 1.71. The number of hydrogen-bond donors (Lipinski definition) is 1. The Morgan fingerprint density at radius 1 is 0.964 bits per heavy atom. The SMILES string of the molecule is COc1ccc(N2CCN(CCCN=C(N)N3CCCCCC3)CC2)cc1.I. The van der Waals surface area contributed by atoms with E-state index in [0.717, 1.165) is 70.5 Å². The molecule has 0 amide bonds. The number of rotatable bonds is 6. The Labute approximate surface area is 187 Å². The summed E-state index contributed by atoms with van der Waals surface area (Å²) in [6.07, 6.45) is 6.22. The fraction of sp³-hybridized carbons (Fsp3) is 0.667. The van der Waals surface area contributed by atoms with Crippen LogP contribution in [-0.4, -0.2) is 75.2 Å². The van der Waals surface area contributed by atoms with Crippen LogP contribution in [0.5, 0.6) is 5.75 Å². The fourth-order valence-electron chi connectivity index (χ4n) is 3.91. The van der Waals surface area contributed by atoms with E-state index < -0.39 is 0 Å². The lowest BCUT2D eigenvalue weighted by Crippen LogP contribution is -2.46. The van der Waals surface area contributed by atoms with Crippen molar-refractivity contribution in [3.05, 3.63) is 24.3 Å². The molecule has 2 heterocycles. The van der Waals surface area contributed by atoms with E-state index in [9.17, 15) is 0 Å². The molecule has 0 radical (unpaired) electrons. The molecule has 2 saturated heterocycles. The molecule has 158 valence electrons. The minimum atomic E-state index is 0. The smallest absolute Gasteiger partial charge is 0.191 e. The number of likely N-dealkylation sites (tertiary alicyclic amines) is 1. The third-order valence-corrected chi connectivity index (χ3v) is 5.65. The number of nitrogens with two attached hydrogens (primary N) is 1. The molecule has 1 aromatic rings. The van der Waals surface area contributed by atoms with Gasteiger partial charge in [0.25, 0.3) is 0 Å². The maximum Gasteiger partial charge on any atom is 0.191 e. The quantitative estimate of drug-likeness (QED) is 0.281. The lowest BCUT2D eigenvalue weighted by Gasteiger charge is -2.36. The molecule has 0 aliphatic carbocycles. The van der Waals surface area contributed by atoms with Crippen molar-refractivity contribution in [3.63, 3.8) is 0 Å². The van der Waals surface area contributed by atoms with Gasteiger partial charge in [0.1, 0.15) is 5.75 Å². The minimum absolute atomic E-state index is 0. The van der Waals surface area contributed by atoms with Crippen LogP contribution in [0.15, 0.2) is 29.3 Å². The summed E-state index contributed by atoms with van der Waals surface area (Å²) < 4.78 is 5.24. The van der Waals surface area contributed by atoms with E-state index in [1.54, 1.807) is 7.11 Å². The predicted molar refractivity (Wildman–Crippen MR) is 128 cm³/mol. The maximum atomic E-state index is 6.19. The average molecular weight is 501 g/mol. The highest BCUT2D eigenvalue weighted by molar-refractivity contribution is 14.0. The average Bonchev–Trinajstić information content (AvgIpc) is 3.01. The molecular formula is C21H36IN5O. The van der Waals surface area contributed by atoms with E-state index in [2.05, 4.69) is 31.8 Å². The number of aliphatic imine (C=N–C) groups is 1. The fourth-order valence-corrected chi connectivity index (χ4v) is 3.91. The zero-order valence-electron chi connectivity index (χ0n) is 17.2. The molecule has 0 saturated carbocycles. The Morgan fingerprint density at radius 2 is 1.61 bits per heavy atom. The van der Waals surface area contributed by atoms with E-state index in [-0.39, 0.29) is 24.0 Å². The van der Waals surface area contributed by atoms with Gasteiger partial charge in [-0.1, -0.05) is 12.8 Å². The van der Waals surface area contributed by atoms with Crippen molar-refractivity contribution in [1.29, 1.82) is 0 Å². The highest BCUT2D eigenvalue weighted by Gasteiger charge is 2.17. The molecule has 0 bridgehead atoms. The first kappa shape index (κ1) is 23.1. The Bertz CT molecular complexity index is 579. The number of piperazine rings is 1.